The van der Waals surface area contributed by atoms with E-state index in [1.807, 2.05) is 93.6 Å². The summed E-state index contributed by atoms with van der Waals surface area (Å²) in [6, 6.07) is 22.8. The predicted molar refractivity (Wildman–Crippen MR) is 231 cm³/mol. The Morgan fingerprint density at radius 1 is 0.593 bits per heavy atom. The fourth-order valence-corrected chi connectivity index (χ4v) is 6.76. The van der Waals surface area contributed by atoms with Crippen molar-refractivity contribution in [1.29, 1.82) is 0 Å². The number of fused-ring (bicyclic) bond motifs is 2. The van der Waals surface area contributed by atoms with E-state index >= 15 is 0 Å². The van der Waals surface area contributed by atoms with Crippen LogP contribution in [0.2, 0.25) is 0 Å². The minimum Gasteiger partial charge on any atom is -0.505 e. The van der Waals surface area contributed by atoms with Gasteiger partial charge in [0, 0.05) is 24.0 Å². The van der Waals surface area contributed by atoms with Gasteiger partial charge in [0.05, 0.1) is 13.7 Å². The van der Waals surface area contributed by atoms with Gasteiger partial charge in [0.2, 0.25) is 0 Å². The number of methoxy groups -OCH3 is 1. The number of unbranched alkanes of at least 4 members (excludes halogenated alkanes) is 5. The highest BCUT2D eigenvalue weighted by Crippen LogP contribution is 2.38. The quantitative estimate of drug-likeness (QED) is 0.0757. The average molecular weight is 805 g/mol. The summed E-state index contributed by atoms with van der Waals surface area (Å²) in [6.45, 7) is 14.9. The normalized spacial score (nSPS) is 11.7. The summed E-state index contributed by atoms with van der Waals surface area (Å²) in [5, 5.41) is 39.9. The number of ether oxygens (including phenoxy) is 2. The SMILES string of the molecule is CCCCCCCCOC(=O)CCc1cc(-n2nc3ccccc3n2)c(O)c(C(C)(C)C)c1.COC(=O)CCc1cc(-n2nc3ccccc3n2)c(O)c(C(C)(C)C)c1. The largest absolute Gasteiger partial charge is 0.505 e. The van der Waals surface area contributed by atoms with Gasteiger partial charge in [-0.05, 0) is 77.6 Å². The van der Waals surface area contributed by atoms with Crippen molar-refractivity contribution in [3.8, 4) is 22.9 Å². The first-order valence-electron chi connectivity index (χ1n) is 20.7. The molecule has 0 atom stereocenters. The predicted octanol–water partition coefficient (Wildman–Crippen LogP) is 9.79. The Hall–Kier alpha value is -5.78. The van der Waals surface area contributed by atoms with Gasteiger partial charge in [0.15, 0.2) is 0 Å². The van der Waals surface area contributed by atoms with E-state index in [1.54, 1.807) is 0 Å². The number of phenolic OH excluding ortho intramolecular Hbond substituents is 2. The molecule has 12 heteroatoms. The molecule has 0 aliphatic carbocycles. The van der Waals surface area contributed by atoms with Crippen molar-refractivity contribution >= 4 is 34.0 Å². The highest BCUT2D eigenvalue weighted by Gasteiger charge is 2.25. The van der Waals surface area contributed by atoms with Crippen molar-refractivity contribution in [2.45, 2.75) is 124 Å². The van der Waals surface area contributed by atoms with Crippen LogP contribution in [0.4, 0.5) is 0 Å². The molecule has 0 saturated carbocycles. The first kappa shape index (κ1) is 44.3. The van der Waals surface area contributed by atoms with Crippen LogP contribution < -0.4 is 0 Å². The van der Waals surface area contributed by atoms with E-state index in [0.717, 1.165) is 57.2 Å². The van der Waals surface area contributed by atoms with Crippen molar-refractivity contribution in [3.63, 3.8) is 0 Å². The molecule has 0 bridgehead atoms. The van der Waals surface area contributed by atoms with E-state index in [9.17, 15) is 19.8 Å². The third-order valence-electron chi connectivity index (χ3n) is 10.1. The second-order valence-corrected chi connectivity index (χ2v) is 17.0. The van der Waals surface area contributed by atoms with Gasteiger partial charge in [-0.1, -0.05) is 117 Å². The van der Waals surface area contributed by atoms with Gasteiger partial charge in [-0.15, -0.1) is 30.0 Å². The van der Waals surface area contributed by atoms with Crippen LogP contribution in [0.1, 0.15) is 122 Å². The monoisotopic (exact) mass is 804 g/mol. The number of aryl methyl sites for hydroxylation is 2. The lowest BCUT2D eigenvalue weighted by Gasteiger charge is -2.23. The van der Waals surface area contributed by atoms with Crippen LogP contribution in [0.25, 0.3) is 33.4 Å². The zero-order valence-electron chi connectivity index (χ0n) is 35.9. The van der Waals surface area contributed by atoms with Crippen molar-refractivity contribution in [1.82, 2.24) is 30.0 Å². The van der Waals surface area contributed by atoms with Gasteiger partial charge in [-0.3, -0.25) is 9.59 Å². The summed E-state index contributed by atoms with van der Waals surface area (Å²) in [5.41, 5.74) is 6.98. The molecule has 6 aromatic rings. The minimum atomic E-state index is -0.278. The maximum absolute atomic E-state index is 12.3. The Labute approximate surface area is 347 Å². The van der Waals surface area contributed by atoms with E-state index in [2.05, 4.69) is 48.1 Å². The Kier molecular flexibility index (Phi) is 14.9. The lowest BCUT2D eigenvalue weighted by Crippen LogP contribution is -2.14. The number of carbonyl (C=O) groups is 2. The number of rotatable bonds is 15. The number of aromatic hydroxyl groups is 2. The number of aromatic nitrogens is 6. The molecule has 0 radical (unpaired) electrons. The second-order valence-electron chi connectivity index (χ2n) is 17.0. The van der Waals surface area contributed by atoms with E-state index in [-0.39, 0.29) is 40.7 Å². The van der Waals surface area contributed by atoms with Crippen molar-refractivity contribution in [2.24, 2.45) is 0 Å². The molecule has 0 spiro atoms. The van der Waals surface area contributed by atoms with Gasteiger partial charge >= 0.3 is 11.9 Å². The molecule has 2 N–H and O–H groups in total. The van der Waals surface area contributed by atoms with Crippen LogP contribution in [0.5, 0.6) is 11.5 Å². The van der Waals surface area contributed by atoms with Crippen LogP contribution in [0, 0.1) is 0 Å². The molecule has 0 amide bonds. The molecule has 59 heavy (non-hydrogen) atoms. The highest BCUT2D eigenvalue weighted by atomic mass is 16.5. The topological polar surface area (TPSA) is 154 Å². The molecule has 6 rings (SSSR count). The Morgan fingerprint density at radius 3 is 1.37 bits per heavy atom. The maximum atomic E-state index is 12.3. The Bertz CT molecular complexity index is 2280. The molecule has 0 fully saturated rings. The van der Waals surface area contributed by atoms with Crippen LogP contribution in [-0.2, 0) is 42.7 Å². The molecular formula is C47H60N6O6. The summed E-state index contributed by atoms with van der Waals surface area (Å²) >= 11 is 0. The molecule has 2 aromatic heterocycles. The number of esters is 2. The van der Waals surface area contributed by atoms with E-state index in [4.69, 9.17) is 9.47 Å². The standard InChI is InChI=1S/C27H37N3O3.C20H23N3O3/c1-5-6-7-8-9-12-17-33-25(31)16-15-20-18-21(27(2,3)4)26(32)24(19-20)30-28-22-13-10-11-14-23(22)29-30;1-20(2,3)14-11-13(9-10-18(24)26-4)12-17(19(14)25)23-21-15-7-5-6-8-16(15)22-23/h10-11,13-14,18-19,32H,5-9,12,15-17H2,1-4H3;5-8,11-12,25H,9-10H2,1-4H3. The van der Waals surface area contributed by atoms with Crippen LogP contribution in [-0.4, -0.2) is 65.9 Å². The molecule has 314 valence electrons. The summed E-state index contributed by atoms with van der Waals surface area (Å²) in [6.07, 6.45) is 8.62. The van der Waals surface area contributed by atoms with E-state index < -0.39 is 0 Å². The molecule has 0 saturated heterocycles. The highest BCUT2D eigenvalue weighted by molar-refractivity contribution is 5.75. The van der Waals surface area contributed by atoms with Crippen LogP contribution in [0.3, 0.4) is 0 Å². The first-order valence-corrected chi connectivity index (χ1v) is 20.7. The average Bonchev–Trinajstić information content (AvgIpc) is 3.84. The van der Waals surface area contributed by atoms with Crippen molar-refractivity contribution in [3.05, 3.63) is 95.1 Å². The number of benzene rings is 4. The van der Waals surface area contributed by atoms with Crippen LogP contribution >= 0.6 is 0 Å². The molecule has 0 unspecified atom stereocenters. The minimum absolute atomic E-state index is 0.152. The lowest BCUT2D eigenvalue weighted by atomic mass is 9.84. The van der Waals surface area contributed by atoms with E-state index in [0.29, 0.717) is 37.2 Å². The zero-order valence-corrected chi connectivity index (χ0v) is 35.9. The third-order valence-corrected chi connectivity index (χ3v) is 10.1. The molecule has 2 heterocycles. The molecular weight excluding hydrogens is 745 g/mol. The maximum Gasteiger partial charge on any atom is 0.306 e. The van der Waals surface area contributed by atoms with Crippen LogP contribution in [0.15, 0.2) is 72.8 Å². The Balaban J connectivity index is 0.000000230. The third kappa shape index (κ3) is 11.9. The number of phenols is 2. The second kappa shape index (κ2) is 19.8. The van der Waals surface area contributed by atoms with Gasteiger partial charge in [0.1, 0.15) is 44.9 Å². The molecule has 0 aliphatic rings. The summed E-state index contributed by atoms with van der Waals surface area (Å²) < 4.78 is 10.2. The lowest BCUT2D eigenvalue weighted by molar-refractivity contribution is -0.144. The fraction of sp³-hybridized carbons (Fsp3) is 0.447. The Morgan fingerprint density at radius 2 is 0.983 bits per heavy atom. The zero-order chi connectivity index (χ0) is 42.7. The molecule has 12 nitrogen and oxygen atoms in total. The van der Waals surface area contributed by atoms with Crippen molar-refractivity contribution < 1.29 is 29.3 Å². The van der Waals surface area contributed by atoms with Gasteiger partial charge in [0.25, 0.3) is 0 Å². The summed E-state index contributed by atoms with van der Waals surface area (Å²) in [7, 11) is 1.38. The fourth-order valence-electron chi connectivity index (χ4n) is 6.76. The van der Waals surface area contributed by atoms with Gasteiger partial charge in [-0.2, -0.15) is 0 Å². The first-order chi connectivity index (χ1) is 28.1. The smallest absolute Gasteiger partial charge is 0.306 e. The summed E-state index contributed by atoms with van der Waals surface area (Å²) in [5.74, 6) is -0.129. The molecule has 0 aliphatic heterocycles. The number of nitrogens with zero attached hydrogens (tertiary/aromatic N) is 6. The van der Waals surface area contributed by atoms with E-state index in [1.165, 1.54) is 42.4 Å². The summed E-state index contributed by atoms with van der Waals surface area (Å²) in [4.78, 5) is 26.7. The van der Waals surface area contributed by atoms with Crippen molar-refractivity contribution in [2.75, 3.05) is 13.7 Å². The van der Waals surface area contributed by atoms with Gasteiger partial charge in [-0.25, -0.2) is 0 Å². The number of carbonyl (C=O) groups excluding carboxylic acids is 2. The molecule has 4 aromatic carbocycles. The number of hydrogen-bond acceptors (Lipinski definition) is 10. The van der Waals surface area contributed by atoms with Gasteiger partial charge < -0.3 is 19.7 Å². The number of hydrogen-bond donors (Lipinski definition) is 2.